The van der Waals surface area contributed by atoms with Crippen LogP contribution in [-0.4, -0.2) is 58.2 Å². The molecule has 2 amide bonds. The minimum absolute atomic E-state index is 0.0260. The van der Waals surface area contributed by atoms with Crippen LogP contribution in [0.5, 0.6) is 0 Å². The highest BCUT2D eigenvalue weighted by molar-refractivity contribution is 7.93. The van der Waals surface area contributed by atoms with Crippen LogP contribution in [0.3, 0.4) is 0 Å². The van der Waals surface area contributed by atoms with E-state index >= 15 is 0 Å². The number of furan rings is 1. The molecule has 0 N–H and O–H groups in total. The molecule has 0 bridgehead atoms. The number of sulfonamides is 1. The summed E-state index contributed by atoms with van der Waals surface area (Å²) in [5, 5.41) is 1.97. The fourth-order valence-electron chi connectivity index (χ4n) is 4.46. The maximum Gasteiger partial charge on any atom is 0.342 e. The zero-order valence-electron chi connectivity index (χ0n) is 20.5. The summed E-state index contributed by atoms with van der Waals surface area (Å²) in [7, 11) is -4.34. The molecule has 0 unspecified atom stereocenters. The lowest BCUT2D eigenvalue weighted by atomic mass is 10.1. The summed E-state index contributed by atoms with van der Waals surface area (Å²) < 4.78 is 45.1. The van der Waals surface area contributed by atoms with Crippen LogP contribution in [0.4, 0.5) is 10.5 Å². The van der Waals surface area contributed by atoms with E-state index in [9.17, 15) is 18.0 Å². The minimum atomic E-state index is -4.34. The third-order valence-electron chi connectivity index (χ3n) is 6.28. The summed E-state index contributed by atoms with van der Waals surface area (Å²) in [6.07, 6.45) is 0. The van der Waals surface area contributed by atoms with E-state index in [1.807, 2.05) is 24.3 Å². The van der Waals surface area contributed by atoms with Crippen molar-refractivity contribution in [3.05, 3.63) is 72.0 Å². The number of benzene rings is 3. The van der Waals surface area contributed by atoms with Gasteiger partial charge in [-0.3, -0.25) is 0 Å². The second-order valence-corrected chi connectivity index (χ2v) is 10.4. The lowest BCUT2D eigenvalue weighted by Crippen LogP contribution is -2.50. The average molecular weight is 523 g/mol. The largest absolute Gasteiger partial charge is 0.462 e. The molecule has 2 heterocycles. The van der Waals surface area contributed by atoms with Crippen LogP contribution in [0.15, 0.2) is 70.0 Å². The highest BCUT2D eigenvalue weighted by Gasteiger charge is 2.36. The first kappa shape index (κ1) is 24.8. The number of hydrogen-bond donors (Lipinski definition) is 0. The minimum Gasteiger partial charge on any atom is -0.462 e. The van der Waals surface area contributed by atoms with Crippen LogP contribution in [-0.2, 0) is 19.5 Å². The quantitative estimate of drug-likeness (QED) is 0.349. The van der Waals surface area contributed by atoms with Gasteiger partial charge in [0.05, 0.1) is 30.4 Å². The van der Waals surface area contributed by atoms with Crippen molar-refractivity contribution < 1.29 is 31.9 Å². The molecule has 3 aromatic carbocycles. The lowest BCUT2D eigenvalue weighted by molar-refractivity contribution is 0.0526. The molecule has 0 spiro atoms. The van der Waals surface area contributed by atoms with Gasteiger partial charge in [0.2, 0.25) is 0 Å². The third kappa shape index (κ3) is 4.54. The molecule has 0 saturated carbocycles. The molecule has 1 aromatic heterocycles. The summed E-state index contributed by atoms with van der Waals surface area (Å²) in [5.74, 6) is -0.242. The Bertz CT molecular complexity index is 1600. The highest BCUT2D eigenvalue weighted by atomic mass is 32.2. The molecule has 0 atom stereocenters. The van der Waals surface area contributed by atoms with E-state index in [2.05, 4.69) is 0 Å². The number of anilines is 1. The van der Waals surface area contributed by atoms with Crippen LogP contribution >= 0.6 is 0 Å². The average Bonchev–Trinajstić information content (AvgIpc) is 3.24. The first-order valence-electron chi connectivity index (χ1n) is 11.9. The van der Waals surface area contributed by atoms with Gasteiger partial charge in [0.15, 0.2) is 0 Å². The molecule has 9 nitrogen and oxygen atoms in total. The molecular weight excluding hydrogens is 496 g/mol. The Hall–Kier alpha value is -3.89. The van der Waals surface area contributed by atoms with Gasteiger partial charge in [-0.25, -0.2) is 18.0 Å². The van der Waals surface area contributed by atoms with Crippen LogP contribution in [0.1, 0.15) is 23.0 Å². The Kier molecular flexibility index (Phi) is 6.61. The van der Waals surface area contributed by atoms with Crippen molar-refractivity contribution in [1.29, 1.82) is 0 Å². The molecule has 1 saturated heterocycles. The number of hydrogen-bond acceptors (Lipinski definition) is 7. The van der Waals surface area contributed by atoms with E-state index in [1.54, 1.807) is 32.0 Å². The van der Waals surface area contributed by atoms with Crippen molar-refractivity contribution in [2.24, 2.45) is 0 Å². The Morgan fingerprint density at radius 1 is 1.00 bits per heavy atom. The fraction of sp³-hybridized carbons (Fsp3) is 0.259. The number of urea groups is 1. The summed E-state index contributed by atoms with van der Waals surface area (Å²) in [6, 6.07) is 16.0. The van der Waals surface area contributed by atoms with Gasteiger partial charge in [-0.15, -0.1) is 0 Å². The van der Waals surface area contributed by atoms with E-state index in [4.69, 9.17) is 13.9 Å². The number of fused-ring (bicyclic) bond motifs is 2. The van der Waals surface area contributed by atoms with Gasteiger partial charge in [-0.1, -0.05) is 30.3 Å². The van der Waals surface area contributed by atoms with Crippen LogP contribution in [0.2, 0.25) is 0 Å². The molecule has 1 aliphatic rings. The standard InChI is InChI=1S/C27H26N2O7S/c1-3-35-26(30)25-18(2)36-24-11-9-21(17-23(24)25)29(27(31)28-12-14-34-15-13-28)37(32,33)22-10-8-19-6-4-5-7-20(19)16-22/h4-11,16-17H,3,12-15H2,1-2H3. The van der Waals surface area contributed by atoms with Crippen molar-refractivity contribution in [1.82, 2.24) is 4.90 Å². The zero-order valence-corrected chi connectivity index (χ0v) is 21.3. The van der Waals surface area contributed by atoms with Crippen molar-refractivity contribution in [3.63, 3.8) is 0 Å². The molecular formula is C27H26N2O7S. The summed E-state index contributed by atoms with van der Waals surface area (Å²) in [6.45, 7) is 4.62. The molecule has 10 heteroatoms. The van der Waals surface area contributed by atoms with E-state index < -0.39 is 22.0 Å². The summed E-state index contributed by atoms with van der Waals surface area (Å²) in [4.78, 5) is 27.8. The van der Waals surface area contributed by atoms with Crippen LogP contribution in [0.25, 0.3) is 21.7 Å². The number of carbonyl (C=O) groups is 2. The molecule has 4 aromatic rings. The monoisotopic (exact) mass is 522 g/mol. The predicted octanol–water partition coefficient (Wildman–Crippen LogP) is 4.72. The van der Waals surface area contributed by atoms with E-state index in [-0.39, 0.29) is 35.8 Å². The Morgan fingerprint density at radius 2 is 1.73 bits per heavy atom. The van der Waals surface area contributed by atoms with Gasteiger partial charge in [0, 0.05) is 18.5 Å². The van der Waals surface area contributed by atoms with Crippen molar-refractivity contribution in [2.75, 3.05) is 37.2 Å². The molecule has 37 heavy (non-hydrogen) atoms. The number of amides is 2. The van der Waals surface area contributed by atoms with Crippen LogP contribution in [0, 0.1) is 6.92 Å². The number of aryl methyl sites for hydroxylation is 1. The molecule has 1 fully saturated rings. The number of carbonyl (C=O) groups excluding carboxylic acids is 2. The smallest absolute Gasteiger partial charge is 0.342 e. The third-order valence-corrected chi connectivity index (χ3v) is 7.97. The molecule has 1 aliphatic heterocycles. The van der Waals surface area contributed by atoms with E-state index in [0.717, 1.165) is 15.1 Å². The predicted molar refractivity (Wildman–Crippen MR) is 138 cm³/mol. The lowest BCUT2D eigenvalue weighted by Gasteiger charge is -2.32. The van der Waals surface area contributed by atoms with Crippen LogP contribution < -0.4 is 4.31 Å². The van der Waals surface area contributed by atoms with E-state index in [1.165, 1.54) is 23.1 Å². The van der Waals surface area contributed by atoms with Gasteiger partial charge in [-0.05, 0) is 55.0 Å². The maximum atomic E-state index is 14.1. The highest BCUT2D eigenvalue weighted by Crippen LogP contribution is 2.34. The summed E-state index contributed by atoms with van der Waals surface area (Å²) >= 11 is 0. The fourth-order valence-corrected chi connectivity index (χ4v) is 5.90. The Balaban J connectivity index is 1.67. The topological polar surface area (TPSA) is 106 Å². The second-order valence-electron chi connectivity index (χ2n) is 8.59. The van der Waals surface area contributed by atoms with Gasteiger partial charge < -0.3 is 18.8 Å². The van der Waals surface area contributed by atoms with E-state index in [0.29, 0.717) is 29.9 Å². The number of nitrogens with zero attached hydrogens (tertiary/aromatic N) is 2. The zero-order chi connectivity index (χ0) is 26.2. The Labute approximate surface area is 214 Å². The number of rotatable bonds is 5. The first-order chi connectivity index (χ1) is 17.8. The SMILES string of the molecule is CCOC(=O)c1c(C)oc2ccc(N(C(=O)N3CCOCC3)S(=O)(=O)c3ccc4ccccc4c3)cc12. The first-order valence-corrected chi connectivity index (χ1v) is 13.4. The maximum absolute atomic E-state index is 14.1. The molecule has 5 rings (SSSR count). The Morgan fingerprint density at radius 3 is 2.46 bits per heavy atom. The van der Waals surface area contributed by atoms with Gasteiger partial charge in [0.1, 0.15) is 16.9 Å². The number of ether oxygens (including phenoxy) is 2. The number of esters is 1. The molecule has 0 radical (unpaired) electrons. The molecule has 192 valence electrons. The van der Waals surface area contributed by atoms with Crippen molar-refractivity contribution in [3.8, 4) is 0 Å². The summed E-state index contributed by atoms with van der Waals surface area (Å²) in [5.41, 5.74) is 0.662. The van der Waals surface area contributed by atoms with Crippen molar-refractivity contribution in [2.45, 2.75) is 18.7 Å². The number of morpholine rings is 1. The van der Waals surface area contributed by atoms with Crippen molar-refractivity contribution >= 4 is 49.5 Å². The van der Waals surface area contributed by atoms with Gasteiger partial charge in [-0.2, -0.15) is 4.31 Å². The molecule has 0 aliphatic carbocycles. The normalized spacial score (nSPS) is 14.2. The van der Waals surface area contributed by atoms with Gasteiger partial charge >= 0.3 is 12.0 Å². The van der Waals surface area contributed by atoms with Gasteiger partial charge in [0.25, 0.3) is 10.0 Å². The second kappa shape index (κ2) is 9.87.